The lowest BCUT2D eigenvalue weighted by atomic mass is 10.0. The van der Waals surface area contributed by atoms with E-state index >= 15 is 0 Å². The molecule has 0 aliphatic heterocycles. The molecule has 0 radical (unpaired) electrons. The lowest BCUT2D eigenvalue weighted by molar-refractivity contribution is 0.400. The van der Waals surface area contributed by atoms with Crippen molar-refractivity contribution >= 4 is 33.7 Å². The van der Waals surface area contributed by atoms with Crippen LogP contribution in [0.4, 0.5) is 20.2 Å². The van der Waals surface area contributed by atoms with Crippen LogP contribution in [0.5, 0.6) is 5.88 Å². The molecule has 0 aliphatic carbocycles. The highest BCUT2D eigenvalue weighted by atomic mass is 32.2. The molecule has 0 amide bonds. The Labute approximate surface area is 190 Å². The van der Waals surface area contributed by atoms with Gasteiger partial charge in [-0.25, -0.2) is 22.2 Å². The van der Waals surface area contributed by atoms with E-state index in [1.807, 2.05) is 19.1 Å². The number of nitrogens with one attached hydrogen (secondary N) is 2. The molecule has 7 nitrogen and oxygen atoms in total. The second-order valence-electron chi connectivity index (χ2n) is 7.20. The summed E-state index contributed by atoms with van der Waals surface area (Å²) in [6.07, 6.45) is 5.14. The number of halogens is 2. The molecule has 0 aliphatic rings. The third-order valence-electron chi connectivity index (χ3n) is 4.72. The van der Waals surface area contributed by atoms with Crippen LogP contribution < -0.4 is 15.2 Å². The number of nitrogen functional groups attached to an aromatic ring is 1. The zero-order valence-corrected chi connectivity index (χ0v) is 18.7. The summed E-state index contributed by atoms with van der Waals surface area (Å²) in [4.78, 5) is 3.44. The Hall–Kier alpha value is -3.79. The lowest BCUT2D eigenvalue weighted by Crippen LogP contribution is -2.15. The number of sulfonamides is 1. The van der Waals surface area contributed by atoms with E-state index in [1.165, 1.54) is 25.6 Å². The minimum absolute atomic E-state index is 0.0207. The molecule has 3 rings (SSSR count). The van der Waals surface area contributed by atoms with E-state index in [1.54, 1.807) is 12.1 Å². The lowest BCUT2D eigenvalue weighted by Gasteiger charge is -2.14. The number of hydrogen-bond acceptors (Lipinski definition) is 6. The van der Waals surface area contributed by atoms with Crippen molar-refractivity contribution in [3.8, 4) is 17.0 Å². The Balaban J connectivity index is 2.03. The largest absolute Gasteiger partial charge is 0.480 e. The molecule has 2 aromatic carbocycles. The molecule has 0 saturated heterocycles. The molecule has 10 heteroatoms. The van der Waals surface area contributed by atoms with Gasteiger partial charge in [0.15, 0.2) is 0 Å². The molecule has 0 atom stereocenters. The molecular formula is C23H22F2N4O3S. The van der Waals surface area contributed by atoms with Crippen LogP contribution in [0.15, 0.2) is 59.1 Å². The van der Waals surface area contributed by atoms with E-state index in [0.29, 0.717) is 29.3 Å². The number of benzene rings is 2. The number of aromatic nitrogens is 1. The number of hydrogen-bond donors (Lipinski definition) is 3. The van der Waals surface area contributed by atoms with Gasteiger partial charge in [0.05, 0.1) is 7.11 Å². The van der Waals surface area contributed by atoms with Crippen molar-refractivity contribution in [2.75, 3.05) is 17.6 Å². The molecule has 0 saturated carbocycles. The van der Waals surface area contributed by atoms with Crippen molar-refractivity contribution in [1.29, 1.82) is 5.41 Å². The van der Waals surface area contributed by atoms with E-state index in [0.717, 1.165) is 23.3 Å². The van der Waals surface area contributed by atoms with Gasteiger partial charge in [-0.15, -0.1) is 0 Å². The van der Waals surface area contributed by atoms with Crippen molar-refractivity contribution in [3.63, 3.8) is 0 Å². The molecule has 3 aromatic rings. The SMILES string of the molecule is COc1ncc(-c2ccc(N)c(/C=C(/C)CC=N)c2)cc1NS(=O)(=O)c1ccc(F)cc1F. The maximum atomic E-state index is 14.1. The third kappa shape index (κ3) is 5.53. The monoisotopic (exact) mass is 472 g/mol. The van der Waals surface area contributed by atoms with Crippen LogP contribution in [-0.4, -0.2) is 26.7 Å². The molecule has 0 spiro atoms. The second kappa shape index (κ2) is 9.78. The highest BCUT2D eigenvalue weighted by molar-refractivity contribution is 7.92. The van der Waals surface area contributed by atoms with Crippen LogP contribution in [0.1, 0.15) is 18.9 Å². The first-order valence-electron chi connectivity index (χ1n) is 9.72. The molecule has 1 heterocycles. The predicted octanol–water partition coefficient (Wildman–Crippen LogP) is 4.86. The first kappa shape index (κ1) is 23.9. The van der Waals surface area contributed by atoms with E-state index in [-0.39, 0.29) is 11.6 Å². The van der Waals surface area contributed by atoms with Gasteiger partial charge in [-0.1, -0.05) is 17.7 Å². The Morgan fingerprint density at radius 3 is 2.61 bits per heavy atom. The van der Waals surface area contributed by atoms with Crippen LogP contribution in [0.2, 0.25) is 0 Å². The Kier molecular flexibility index (Phi) is 7.07. The zero-order chi connectivity index (χ0) is 24.2. The number of allylic oxidation sites excluding steroid dienone is 1. The minimum atomic E-state index is -4.39. The highest BCUT2D eigenvalue weighted by Gasteiger charge is 2.22. The number of anilines is 2. The summed E-state index contributed by atoms with van der Waals surface area (Å²) in [5.74, 6) is -2.14. The van der Waals surface area contributed by atoms with Gasteiger partial charge in [0, 0.05) is 29.9 Å². The summed E-state index contributed by atoms with van der Waals surface area (Å²) in [7, 11) is -3.08. The summed E-state index contributed by atoms with van der Waals surface area (Å²) in [6, 6.07) is 8.95. The fourth-order valence-electron chi connectivity index (χ4n) is 3.10. The number of pyridine rings is 1. The van der Waals surface area contributed by atoms with Gasteiger partial charge in [-0.05, 0) is 54.6 Å². The van der Waals surface area contributed by atoms with Crippen LogP contribution in [0.25, 0.3) is 17.2 Å². The Morgan fingerprint density at radius 2 is 1.94 bits per heavy atom. The number of nitrogens with two attached hydrogens (primary N) is 1. The summed E-state index contributed by atoms with van der Waals surface area (Å²) in [5.41, 5.74) is 9.51. The van der Waals surface area contributed by atoms with E-state index < -0.39 is 26.6 Å². The predicted molar refractivity (Wildman–Crippen MR) is 125 cm³/mol. The number of nitrogens with zero attached hydrogens (tertiary/aromatic N) is 1. The average molecular weight is 473 g/mol. The molecule has 1 aromatic heterocycles. The Bertz CT molecular complexity index is 1340. The average Bonchev–Trinajstić information content (AvgIpc) is 2.75. The van der Waals surface area contributed by atoms with Crippen molar-refractivity contribution in [3.05, 3.63) is 71.4 Å². The van der Waals surface area contributed by atoms with Gasteiger partial charge in [0.2, 0.25) is 5.88 Å². The van der Waals surface area contributed by atoms with Crippen molar-refractivity contribution in [2.24, 2.45) is 0 Å². The first-order chi connectivity index (χ1) is 15.6. The Morgan fingerprint density at radius 1 is 1.18 bits per heavy atom. The quantitative estimate of drug-likeness (QED) is 0.320. The van der Waals surface area contributed by atoms with Crippen LogP contribution >= 0.6 is 0 Å². The minimum Gasteiger partial charge on any atom is -0.480 e. The smallest absolute Gasteiger partial charge is 0.264 e. The van der Waals surface area contributed by atoms with Crippen molar-refractivity contribution < 1.29 is 21.9 Å². The van der Waals surface area contributed by atoms with E-state index in [2.05, 4.69) is 9.71 Å². The molecule has 0 unspecified atom stereocenters. The standard InChI is InChI=1S/C23H22F2N4O3S/c1-14(7-8-26)9-16-10-15(3-5-20(16)27)17-11-21(23(32-2)28-13-17)29-33(30,31)22-6-4-18(24)12-19(22)25/h3-6,8-13,26,29H,7,27H2,1-2H3/b14-9-,26-8?. The normalized spacial score (nSPS) is 11.8. The first-order valence-corrected chi connectivity index (χ1v) is 11.2. The molecule has 0 fully saturated rings. The van der Waals surface area contributed by atoms with Gasteiger partial charge in [-0.2, -0.15) is 0 Å². The number of rotatable bonds is 8. The van der Waals surface area contributed by atoms with Crippen molar-refractivity contribution in [2.45, 2.75) is 18.2 Å². The molecule has 33 heavy (non-hydrogen) atoms. The van der Waals surface area contributed by atoms with Gasteiger partial charge in [-0.3, -0.25) is 4.72 Å². The van der Waals surface area contributed by atoms with E-state index in [9.17, 15) is 17.2 Å². The van der Waals surface area contributed by atoms with Gasteiger partial charge in [0.25, 0.3) is 10.0 Å². The molecule has 172 valence electrons. The summed E-state index contributed by atoms with van der Waals surface area (Å²) in [6.45, 7) is 1.88. The van der Waals surface area contributed by atoms with Crippen LogP contribution in [0, 0.1) is 17.0 Å². The fourth-order valence-corrected chi connectivity index (χ4v) is 4.21. The fraction of sp³-hybridized carbons (Fsp3) is 0.130. The maximum absolute atomic E-state index is 14.1. The topological polar surface area (TPSA) is 118 Å². The molecule has 0 bridgehead atoms. The maximum Gasteiger partial charge on any atom is 0.264 e. The van der Waals surface area contributed by atoms with Gasteiger partial charge < -0.3 is 15.9 Å². The van der Waals surface area contributed by atoms with Gasteiger partial charge in [0.1, 0.15) is 22.2 Å². The van der Waals surface area contributed by atoms with Crippen molar-refractivity contribution in [1.82, 2.24) is 4.98 Å². The zero-order valence-electron chi connectivity index (χ0n) is 17.9. The van der Waals surface area contributed by atoms with Crippen LogP contribution in [0.3, 0.4) is 0 Å². The highest BCUT2D eigenvalue weighted by Crippen LogP contribution is 2.32. The van der Waals surface area contributed by atoms with Crippen LogP contribution in [-0.2, 0) is 10.0 Å². The third-order valence-corrected chi connectivity index (χ3v) is 6.12. The number of ether oxygens (including phenoxy) is 1. The molecule has 4 N–H and O–H groups in total. The van der Waals surface area contributed by atoms with E-state index in [4.69, 9.17) is 15.9 Å². The summed E-state index contributed by atoms with van der Waals surface area (Å²) < 4.78 is 60.1. The summed E-state index contributed by atoms with van der Waals surface area (Å²) in [5, 5.41) is 7.23. The number of methoxy groups -OCH3 is 1. The summed E-state index contributed by atoms with van der Waals surface area (Å²) >= 11 is 0. The van der Waals surface area contributed by atoms with Gasteiger partial charge >= 0.3 is 0 Å². The molecular weight excluding hydrogens is 450 g/mol. The second-order valence-corrected chi connectivity index (χ2v) is 8.85.